The molecule has 23 heavy (non-hydrogen) atoms. The van der Waals surface area contributed by atoms with E-state index in [1.807, 2.05) is 30.3 Å². The summed E-state index contributed by atoms with van der Waals surface area (Å²) in [7, 11) is 0. The summed E-state index contributed by atoms with van der Waals surface area (Å²) in [5, 5.41) is 4.36. The smallest absolute Gasteiger partial charge is 0.267 e. The van der Waals surface area contributed by atoms with Gasteiger partial charge in [-0.2, -0.15) is 5.10 Å². The van der Waals surface area contributed by atoms with Gasteiger partial charge in [-0.25, -0.2) is 5.43 Å². The van der Waals surface area contributed by atoms with Gasteiger partial charge in [0.1, 0.15) is 0 Å². The van der Waals surface area contributed by atoms with Crippen molar-refractivity contribution in [2.24, 2.45) is 5.10 Å². The second-order valence-corrected chi connectivity index (χ2v) is 5.41. The van der Waals surface area contributed by atoms with E-state index in [0.717, 1.165) is 24.1 Å². The van der Waals surface area contributed by atoms with Crippen LogP contribution >= 0.6 is 0 Å². The second kappa shape index (κ2) is 9.51. The minimum atomic E-state index is -0.214. The number of aromatic nitrogens is 1. The number of benzene rings is 1. The Morgan fingerprint density at radius 2 is 1.74 bits per heavy atom. The first-order valence-electron chi connectivity index (χ1n) is 8.13. The molecule has 1 heterocycles. The number of rotatable bonds is 8. The van der Waals surface area contributed by atoms with Gasteiger partial charge in [0, 0.05) is 18.0 Å². The van der Waals surface area contributed by atoms with E-state index >= 15 is 0 Å². The molecule has 0 radical (unpaired) electrons. The van der Waals surface area contributed by atoms with Crippen LogP contribution in [-0.4, -0.2) is 16.6 Å². The van der Waals surface area contributed by atoms with Crippen LogP contribution in [0.15, 0.2) is 60.0 Å². The van der Waals surface area contributed by atoms with Crippen LogP contribution in [0, 0.1) is 0 Å². The van der Waals surface area contributed by atoms with E-state index in [4.69, 9.17) is 0 Å². The van der Waals surface area contributed by atoms with Gasteiger partial charge in [-0.15, -0.1) is 0 Å². The van der Waals surface area contributed by atoms with Crippen molar-refractivity contribution in [2.45, 2.75) is 39.0 Å². The molecule has 0 unspecified atom stereocenters. The van der Waals surface area contributed by atoms with Crippen LogP contribution in [0.5, 0.6) is 0 Å². The standard InChI is InChI=1S/C19H23N3O/c1-2-3-4-8-11-18(16-9-6-5-7-10-16)21-22-19(23)17-12-14-20-15-13-17/h5-7,9-10,12-15H,2-4,8,11H2,1H3,(H,22,23)/b21-18+. The Balaban J connectivity index is 2.05. The Morgan fingerprint density at radius 1 is 1.00 bits per heavy atom. The molecule has 0 saturated heterocycles. The summed E-state index contributed by atoms with van der Waals surface area (Å²) in [5.41, 5.74) is 5.19. The zero-order valence-electron chi connectivity index (χ0n) is 13.5. The van der Waals surface area contributed by atoms with E-state index in [9.17, 15) is 4.79 Å². The molecule has 0 aliphatic rings. The summed E-state index contributed by atoms with van der Waals surface area (Å²) in [5.74, 6) is -0.214. The number of nitrogens with zero attached hydrogens (tertiary/aromatic N) is 2. The van der Waals surface area contributed by atoms with Crippen LogP contribution in [0.4, 0.5) is 0 Å². The quantitative estimate of drug-likeness (QED) is 0.451. The van der Waals surface area contributed by atoms with Gasteiger partial charge in [0.25, 0.3) is 5.91 Å². The van der Waals surface area contributed by atoms with Gasteiger partial charge < -0.3 is 0 Å². The average Bonchev–Trinajstić information content (AvgIpc) is 2.62. The first kappa shape index (κ1) is 16.9. The van der Waals surface area contributed by atoms with Crippen molar-refractivity contribution >= 4 is 11.6 Å². The van der Waals surface area contributed by atoms with Gasteiger partial charge in [0.15, 0.2) is 0 Å². The van der Waals surface area contributed by atoms with Crippen LogP contribution in [-0.2, 0) is 0 Å². The minimum absolute atomic E-state index is 0.214. The topological polar surface area (TPSA) is 54.4 Å². The van der Waals surface area contributed by atoms with Crippen molar-refractivity contribution in [3.8, 4) is 0 Å². The number of amides is 1. The molecule has 2 aromatic rings. The predicted molar refractivity (Wildman–Crippen MR) is 93.4 cm³/mol. The molecule has 0 bridgehead atoms. The average molecular weight is 309 g/mol. The molecule has 0 spiro atoms. The maximum Gasteiger partial charge on any atom is 0.271 e. The summed E-state index contributed by atoms with van der Waals surface area (Å²) in [4.78, 5) is 16.0. The molecule has 1 N–H and O–H groups in total. The first-order valence-corrected chi connectivity index (χ1v) is 8.13. The van der Waals surface area contributed by atoms with Gasteiger partial charge >= 0.3 is 0 Å². The molecule has 0 fully saturated rings. The summed E-state index contributed by atoms with van der Waals surface area (Å²) in [6.07, 6.45) is 8.75. The molecular weight excluding hydrogens is 286 g/mol. The van der Waals surface area contributed by atoms with Crippen molar-refractivity contribution in [2.75, 3.05) is 0 Å². The van der Waals surface area contributed by atoms with E-state index in [0.29, 0.717) is 5.56 Å². The third kappa shape index (κ3) is 5.66. The Bertz CT molecular complexity index is 624. The lowest BCUT2D eigenvalue weighted by Crippen LogP contribution is -2.20. The zero-order chi connectivity index (χ0) is 16.3. The normalized spacial score (nSPS) is 11.3. The predicted octanol–water partition coefficient (Wildman–Crippen LogP) is 4.19. The van der Waals surface area contributed by atoms with E-state index in [-0.39, 0.29) is 5.91 Å². The monoisotopic (exact) mass is 309 g/mol. The van der Waals surface area contributed by atoms with E-state index in [1.165, 1.54) is 19.3 Å². The number of carbonyl (C=O) groups is 1. The molecule has 0 saturated carbocycles. The Hall–Kier alpha value is -2.49. The Morgan fingerprint density at radius 3 is 2.43 bits per heavy atom. The highest BCUT2D eigenvalue weighted by atomic mass is 16.2. The van der Waals surface area contributed by atoms with Gasteiger partial charge in [0.2, 0.25) is 0 Å². The summed E-state index contributed by atoms with van der Waals surface area (Å²) < 4.78 is 0. The molecule has 0 aliphatic heterocycles. The summed E-state index contributed by atoms with van der Waals surface area (Å²) in [6.45, 7) is 2.20. The lowest BCUT2D eigenvalue weighted by molar-refractivity contribution is 0.0954. The lowest BCUT2D eigenvalue weighted by atomic mass is 10.0. The van der Waals surface area contributed by atoms with E-state index in [1.54, 1.807) is 24.5 Å². The number of hydrogen-bond acceptors (Lipinski definition) is 3. The van der Waals surface area contributed by atoms with Gasteiger partial charge in [-0.05, 0) is 30.5 Å². The largest absolute Gasteiger partial charge is 0.271 e. The van der Waals surface area contributed by atoms with Gasteiger partial charge in [0.05, 0.1) is 5.71 Å². The van der Waals surface area contributed by atoms with Crippen LogP contribution < -0.4 is 5.43 Å². The number of unbranched alkanes of at least 4 members (excludes halogenated alkanes) is 3. The molecule has 4 nitrogen and oxygen atoms in total. The maximum atomic E-state index is 12.1. The molecule has 2 rings (SSSR count). The Kier molecular flexibility index (Phi) is 6.98. The molecule has 0 aliphatic carbocycles. The fraction of sp³-hybridized carbons (Fsp3) is 0.316. The maximum absolute atomic E-state index is 12.1. The van der Waals surface area contributed by atoms with E-state index in [2.05, 4.69) is 22.4 Å². The van der Waals surface area contributed by atoms with Crippen LogP contribution in [0.2, 0.25) is 0 Å². The molecule has 120 valence electrons. The van der Waals surface area contributed by atoms with Crippen molar-refractivity contribution in [1.29, 1.82) is 0 Å². The third-order valence-electron chi connectivity index (χ3n) is 3.61. The molecule has 4 heteroatoms. The van der Waals surface area contributed by atoms with Crippen molar-refractivity contribution in [1.82, 2.24) is 10.4 Å². The number of pyridine rings is 1. The fourth-order valence-electron chi connectivity index (χ4n) is 2.30. The van der Waals surface area contributed by atoms with Gasteiger partial charge in [-0.1, -0.05) is 56.5 Å². The van der Waals surface area contributed by atoms with E-state index < -0.39 is 0 Å². The number of hydrogen-bond donors (Lipinski definition) is 1. The number of nitrogens with one attached hydrogen (secondary N) is 1. The van der Waals surface area contributed by atoms with Gasteiger partial charge in [-0.3, -0.25) is 9.78 Å². The highest BCUT2D eigenvalue weighted by molar-refractivity contribution is 6.02. The highest BCUT2D eigenvalue weighted by Crippen LogP contribution is 2.10. The Labute approximate surface area is 137 Å². The molecule has 1 amide bonds. The first-order chi connectivity index (χ1) is 11.3. The SMILES string of the molecule is CCCCCC/C(=N\NC(=O)c1ccncc1)c1ccccc1. The summed E-state index contributed by atoms with van der Waals surface area (Å²) >= 11 is 0. The van der Waals surface area contributed by atoms with Crippen molar-refractivity contribution in [3.05, 3.63) is 66.0 Å². The minimum Gasteiger partial charge on any atom is -0.267 e. The molecule has 1 aromatic heterocycles. The van der Waals surface area contributed by atoms with Crippen LogP contribution in [0.3, 0.4) is 0 Å². The number of hydrazone groups is 1. The second-order valence-electron chi connectivity index (χ2n) is 5.41. The molecule has 1 aromatic carbocycles. The summed E-state index contributed by atoms with van der Waals surface area (Å²) in [6, 6.07) is 13.4. The molecular formula is C19H23N3O. The zero-order valence-corrected chi connectivity index (χ0v) is 13.5. The highest BCUT2D eigenvalue weighted by Gasteiger charge is 2.07. The third-order valence-corrected chi connectivity index (χ3v) is 3.61. The fourth-order valence-corrected chi connectivity index (χ4v) is 2.30. The number of carbonyl (C=O) groups excluding carboxylic acids is 1. The van der Waals surface area contributed by atoms with Crippen LogP contribution in [0.25, 0.3) is 0 Å². The molecule has 0 atom stereocenters. The van der Waals surface area contributed by atoms with Crippen LogP contribution in [0.1, 0.15) is 54.9 Å². The lowest BCUT2D eigenvalue weighted by Gasteiger charge is -2.08. The van der Waals surface area contributed by atoms with Crippen molar-refractivity contribution in [3.63, 3.8) is 0 Å². The van der Waals surface area contributed by atoms with Crippen molar-refractivity contribution < 1.29 is 4.79 Å².